The molecule has 0 radical (unpaired) electrons. The van der Waals surface area contributed by atoms with Crippen LogP contribution in [0, 0.1) is 5.82 Å². The lowest BCUT2D eigenvalue weighted by atomic mass is 10.1. The van der Waals surface area contributed by atoms with Gasteiger partial charge in [-0.25, -0.2) is 4.39 Å². The van der Waals surface area contributed by atoms with E-state index in [4.69, 9.17) is 0 Å². The molecule has 3 rings (SSSR count). The molecule has 0 fully saturated rings. The summed E-state index contributed by atoms with van der Waals surface area (Å²) in [7, 11) is 0. The summed E-state index contributed by atoms with van der Waals surface area (Å²) in [6.45, 7) is 0.669. The molecule has 96 valence electrons. The molecule has 19 heavy (non-hydrogen) atoms. The van der Waals surface area contributed by atoms with Crippen LogP contribution < -0.4 is 4.90 Å². The summed E-state index contributed by atoms with van der Waals surface area (Å²) in [5.41, 5.74) is 2.61. The lowest BCUT2D eigenvalue weighted by molar-refractivity contribution is 0.0988. The Hall–Kier alpha value is -1.68. The lowest BCUT2D eigenvalue weighted by Crippen LogP contribution is -2.29. The zero-order chi connectivity index (χ0) is 13.4. The molecule has 0 unspecified atom stereocenters. The van der Waals surface area contributed by atoms with Gasteiger partial charge in [-0.3, -0.25) is 4.79 Å². The highest BCUT2D eigenvalue weighted by molar-refractivity contribution is 9.10. The summed E-state index contributed by atoms with van der Waals surface area (Å²) in [4.78, 5) is 14.3. The van der Waals surface area contributed by atoms with Gasteiger partial charge < -0.3 is 4.90 Å². The summed E-state index contributed by atoms with van der Waals surface area (Å²) in [5.74, 6) is -0.456. The van der Waals surface area contributed by atoms with Crippen LogP contribution in [0.4, 0.5) is 10.1 Å². The van der Waals surface area contributed by atoms with Gasteiger partial charge in [-0.1, -0.05) is 18.2 Å². The predicted molar refractivity (Wildman–Crippen MR) is 75.9 cm³/mol. The number of halogens is 2. The molecule has 0 aliphatic carbocycles. The number of fused-ring (bicyclic) bond motifs is 1. The monoisotopic (exact) mass is 319 g/mol. The van der Waals surface area contributed by atoms with E-state index in [0.29, 0.717) is 16.6 Å². The fourth-order valence-electron chi connectivity index (χ4n) is 2.36. The maximum absolute atomic E-state index is 13.1. The minimum Gasteiger partial charge on any atom is -0.308 e. The minimum atomic E-state index is -0.356. The van der Waals surface area contributed by atoms with Gasteiger partial charge >= 0.3 is 0 Å². The third kappa shape index (κ3) is 2.16. The first-order valence-electron chi connectivity index (χ1n) is 6.01. The number of rotatable bonds is 1. The smallest absolute Gasteiger partial charge is 0.259 e. The van der Waals surface area contributed by atoms with Gasteiger partial charge in [0.05, 0.1) is 5.56 Å². The van der Waals surface area contributed by atoms with Gasteiger partial charge in [0.1, 0.15) is 5.82 Å². The van der Waals surface area contributed by atoms with Crippen molar-refractivity contribution in [3.8, 4) is 0 Å². The van der Waals surface area contributed by atoms with Crippen LogP contribution in [0.3, 0.4) is 0 Å². The van der Waals surface area contributed by atoms with E-state index < -0.39 is 0 Å². The molecule has 1 heterocycles. The Balaban J connectivity index is 1.98. The average molecular weight is 320 g/mol. The largest absolute Gasteiger partial charge is 0.308 e. The van der Waals surface area contributed by atoms with Crippen molar-refractivity contribution in [2.45, 2.75) is 6.42 Å². The molecule has 2 nitrogen and oxygen atoms in total. The van der Waals surface area contributed by atoms with Crippen LogP contribution >= 0.6 is 15.9 Å². The van der Waals surface area contributed by atoms with Crippen molar-refractivity contribution < 1.29 is 9.18 Å². The number of hydrogen-bond acceptors (Lipinski definition) is 1. The van der Waals surface area contributed by atoms with Crippen molar-refractivity contribution in [3.05, 3.63) is 63.9 Å². The molecule has 0 saturated carbocycles. The third-order valence-corrected chi connectivity index (χ3v) is 3.95. The number of carbonyl (C=O) groups excluding carboxylic acids is 1. The van der Waals surface area contributed by atoms with Crippen LogP contribution in [0.25, 0.3) is 0 Å². The zero-order valence-corrected chi connectivity index (χ0v) is 11.7. The molecular weight excluding hydrogens is 309 g/mol. The Bertz CT molecular complexity index is 656. The first-order valence-corrected chi connectivity index (χ1v) is 6.81. The Morgan fingerprint density at radius 3 is 2.79 bits per heavy atom. The molecule has 0 atom stereocenters. The van der Waals surface area contributed by atoms with Gasteiger partial charge in [-0.2, -0.15) is 0 Å². The molecular formula is C15H11BrFNO. The maximum atomic E-state index is 13.1. The Kier molecular flexibility index (Phi) is 3.11. The zero-order valence-electron chi connectivity index (χ0n) is 10.1. The second kappa shape index (κ2) is 4.78. The summed E-state index contributed by atoms with van der Waals surface area (Å²) in [6.07, 6.45) is 0.862. The summed E-state index contributed by atoms with van der Waals surface area (Å²) >= 11 is 3.25. The van der Waals surface area contributed by atoms with E-state index in [2.05, 4.69) is 15.9 Å². The van der Waals surface area contributed by atoms with E-state index in [9.17, 15) is 9.18 Å². The molecule has 0 bridgehead atoms. The van der Waals surface area contributed by atoms with Crippen LogP contribution in [0.5, 0.6) is 0 Å². The second-order valence-corrected chi connectivity index (χ2v) is 5.31. The van der Waals surface area contributed by atoms with Crippen molar-refractivity contribution in [1.82, 2.24) is 0 Å². The number of amides is 1. The molecule has 1 amide bonds. The summed E-state index contributed by atoms with van der Waals surface area (Å²) in [6, 6.07) is 12.0. The lowest BCUT2D eigenvalue weighted by Gasteiger charge is -2.18. The Labute approximate surface area is 119 Å². The molecule has 0 aromatic heterocycles. The van der Waals surface area contributed by atoms with Crippen molar-refractivity contribution in [2.24, 2.45) is 0 Å². The molecule has 1 aliphatic heterocycles. The topological polar surface area (TPSA) is 20.3 Å². The van der Waals surface area contributed by atoms with E-state index in [1.807, 2.05) is 24.3 Å². The van der Waals surface area contributed by atoms with Crippen LogP contribution in [0.1, 0.15) is 15.9 Å². The number of para-hydroxylation sites is 1. The minimum absolute atomic E-state index is 0.100. The van der Waals surface area contributed by atoms with E-state index in [1.54, 1.807) is 4.90 Å². The van der Waals surface area contributed by atoms with Gasteiger partial charge in [0.2, 0.25) is 0 Å². The molecule has 0 saturated heterocycles. The van der Waals surface area contributed by atoms with E-state index in [1.165, 1.54) is 23.8 Å². The quantitative estimate of drug-likeness (QED) is 0.783. The van der Waals surface area contributed by atoms with Gasteiger partial charge in [0.15, 0.2) is 0 Å². The Morgan fingerprint density at radius 2 is 2.00 bits per heavy atom. The fourth-order valence-corrected chi connectivity index (χ4v) is 2.88. The van der Waals surface area contributed by atoms with E-state index in [-0.39, 0.29) is 11.7 Å². The van der Waals surface area contributed by atoms with Gasteiger partial charge in [-0.05, 0) is 52.2 Å². The summed E-state index contributed by atoms with van der Waals surface area (Å²) < 4.78 is 13.6. The van der Waals surface area contributed by atoms with Gasteiger partial charge in [0, 0.05) is 16.7 Å². The molecule has 4 heteroatoms. The molecule has 2 aromatic rings. The highest BCUT2D eigenvalue weighted by Gasteiger charge is 2.26. The molecule has 2 aromatic carbocycles. The van der Waals surface area contributed by atoms with E-state index >= 15 is 0 Å². The van der Waals surface area contributed by atoms with Crippen molar-refractivity contribution >= 4 is 27.5 Å². The van der Waals surface area contributed by atoms with Crippen LogP contribution in [-0.2, 0) is 6.42 Å². The fraction of sp³-hybridized carbons (Fsp3) is 0.133. The number of anilines is 1. The highest BCUT2D eigenvalue weighted by atomic mass is 79.9. The number of carbonyl (C=O) groups is 1. The average Bonchev–Trinajstić information content (AvgIpc) is 2.82. The van der Waals surface area contributed by atoms with Crippen molar-refractivity contribution in [2.75, 3.05) is 11.4 Å². The van der Waals surface area contributed by atoms with Crippen LogP contribution in [0.2, 0.25) is 0 Å². The summed E-state index contributed by atoms with van der Waals surface area (Å²) in [5, 5.41) is 0. The van der Waals surface area contributed by atoms with Crippen molar-refractivity contribution in [1.29, 1.82) is 0 Å². The van der Waals surface area contributed by atoms with Gasteiger partial charge in [0.25, 0.3) is 5.91 Å². The third-order valence-electron chi connectivity index (χ3n) is 3.29. The van der Waals surface area contributed by atoms with Crippen LogP contribution in [-0.4, -0.2) is 12.5 Å². The molecule has 0 spiro atoms. The van der Waals surface area contributed by atoms with Crippen LogP contribution in [0.15, 0.2) is 46.9 Å². The highest BCUT2D eigenvalue weighted by Crippen LogP contribution is 2.30. The first kappa shape index (κ1) is 12.4. The van der Waals surface area contributed by atoms with E-state index in [0.717, 1.165) is 12.1 Å². The number of benzene rings is 2. The number of hydrogen-bond donors (Lipinski definition) is 0. The SMILES string of the molecule is O=C(c1ccc(F)cc1Br)N1CCc2ccccc21. The number of nitrogens with zero attached hydrogens (tertiary/aromatic N) is 1. The molecule has 1 aliphatic rings. The standard InChI is InChI=1S/C15H11BrFNO/c16-13-9-11(17)5-6-12(13)15(19)18-8-7-10-3-1-2-4-14(10)18/h1-6,9H,7-8H2. The van der Waals surface area contributed by atoms with Crippen molar-refractivity contribution in [3.63, 3.8) is 0 Å². The predicted octanol–water partition coefficient (Wildman–Crippen LogP) is 3.79. The Morgan fingerprint density at radius 1 is 1.21 bits per heavy atom. The van der Waals surface area contributed by atoms with Gasteiger partial charge in [-0.15, -0.1) is 0 Å². The normalized spacial score (nSPS) is 13.5. The maximum Gasteiger partial charge on any atom is 0.259 e. The first-order chi connectivity index (χ1) is 9.16. The second-order valence-electron chi connectivity index (χ2n) is 4.46. The molecule has 0 N–H and O–H groups in total.